The highest BCUT2D eigenvalue weighted by Crippen LogP contribution is 2.14. The first-order valence-corrected chi connectivity index (χ1v) is 6.31. The lowest BCUT2D eigenvalue weighted by Gasteiger charge is -2.09. The minimum absolute atomic E-state index is 0.0969. The second-order valence-electron chi connectivity index (χ2n) is 4.08. The zero-order chi connectivity index (χ0) is 14.1. The molecule has 106 valence electrons. The summed E-state index contributed by atoms with van der Waals surface area (Å²) in [6.07, 6.45) is 0.0969. The Morgan fingerprint density at radius 1 is 1.16 bits per heavy atom. The number of hydrogen-bond donors (Lipinski definition) is 0. The molecule has 0 aliphatic heterocycles. The highest BCUT2D eigenvalue weighted by Gasteiger charge is 2.08. The maximum absolute atomic E-state index is 11.6. The number of benzene rings is 1. The van der Waals surface area contributed by atoms with E-state index in [1.54, 1.807) is 24.3 Å². The van der Waals surface area contributed by atoms with Crippen LogP contribution in [0.2, 0.25) is 0 Å². The van der Waals surface area contributed by atoms with Crippen LogP contribution in [0, 0.1) is 0 Å². The van der Waals surface area contributed by atoms with Crippen LogP contribution in [0.5, 0.6) is 5.75 Å². The molecule has 0 N–H and O–H groups in total. The summed E-state index contributed by atoms with van der Waals surface area (Å²) in [7, 11) is 0. The van der Waals surface area contributed by atoms with Crippen molar-refractivity contribution in [3.63, 3.8) is 0 Å². The summed E-state index contributed by atoms with van der Waals surface area (Å²) in [5, 5.41) is 0. The SMILES string of the molecule is CCOCCOOC(=O)c1ccc(OC(C)C)cc1. The van der Waals surface area contributed by atoms with Crippen LogP contribution in [-0.2, 0) is 14.5 Å². The van der Waals surface area contributed by atoms with Crippen LogP contribution in [0.3, 0.4) is 0 Å². The van der Waals surface area contributed by atoms with Crippen LogP contribution >= 0.6 is 0 Å². The van der Waals surface area contributed by atoms with E-state index in [0.29, 0.717) is 24.5 Å². The second-order valence-corrected chi connectivity index (χ2v) is 4.08. The Morgan fingerprint density at radius 2 is 1.84 bits per heavy atom. The first-order valence-electron chi connectivity index (χ1n) is 6.31. The molecule has 0 radical (unpaired) electrons. The fourth-order valence-electron chi connectivity index (χ4n) is 1.32. The fraction of sp³-hybridized carbons (Fsp3) is 0.500. The van der Waals surface area contributed by atoms with Crippen molar-refractivity contribution in [3.8, 4) is 5.75 Å². The van der Waals surface area contributed by atoms with Gasteiger partial charge in [0.15, 0.2) is 0 Å². The molecule has 1 aromatic rings. The Labute approximate surface area is 113 Å². The Hall–Kier alpha value is -1.59. The van der Waals surface area contributed by atoms with Gasteiger partial charge >= 0.3 is 5.97 Å². The standard InChI is InChI=1S/C14H20O5/c1-4-16-9-10-17-19-14(15)12-5-7-13(8-6-12)18-11(2)3/h5-8,11H,4,9-10H2,1-3H3. The van der Waals surface area contributed by atoms with Crippen LogP contribution in [-0.4, -0.2) is 31.9 Å². The predicted octanol–water partition coefficient (Wildman–Crippen LogP) is 2.60. The maximum atomic E-state index is 11.6. The van der Waals surface area contributed by atoms with Gasteiger partial charge in [0.05, 0.1) is 18.3 Å². The molecule has 0 aliphatic rings. The largest absolute Gasteiger partial charge is 0.491 e. The van der Waals surface area contributed by atoms with Gasteiger partial charge in [-0.1, -0.05) is 0 Å². The summed E-state index contributed by atoms with van der Waals surface area (Å²) in [6, 6.07) is 6.70. The molecule has 0 aromatic heterocycles. The maximum Gasteiger partial charge on any atom is 0.373 e. The molecule has 1 aromatic carbocycles. The molecule has 0 heterocycles. The van der Waals surface area contributed by atoms with Crippen LogP contribution < -0.4 is 4.74 Å². The smallest absolute Gasteiger partial charge is 0.373 e. The predicted molar refractivity (Wildman–Crippen MR) is 70.1 cm³/mol. The molecule has 19 heavy (non-hydrogen) atoms. The minimum Gasteiger partial charge on any atom is -0.491 e. The normalized spacial score (nSPS) is 10.5. The van der Waals surface area contributed by atoms with E-state index in [2.05, 4.69) is 4.89 Å². The van der Waals surface area contributed by atoms with Gasteiger partial charge in [0.2, 0.25) is 0 Å². The van der Waals surface area contributed by atoms with E-state index < -0.39 is 5.97 Å². The zero-order valence-corrected chi connectivity index (χ0v) is 11.5. The monoisotopic (exact) mass is 268 g/mol. The average molecular weight is 268 g/mol. The third kappa shape index (κ3) is 6.22. The summed E-state index contributed by atoms with van der Waals surface area (Å²) in [6.45, 7) is 6.98. The first kappa shape index (κ1) is 15.5. The fourth-order valence-corrected chi connectivity index (χ4v) is 1.32. The van der Waals surface area contributed by atoms with Crippen molar-refractivity contribution in [2.75, 3.05) is 19.8 Å². The van der Waals surface area contributed by atoms with Crippen molar-refractivity contribution in [1.29, 1.82) is 0 Å². The molecule has 5 heteroatoms. The van der Waals surface area contributed by atoms with Crippen molar-refractivity contribution in [2.24, 2.45) is 0 Å². The first-order chi connectivity index (χ1) is 9.13. The molecule has 0 saturated heterocycles. The minimum atomic E-state index is -0.535. The van der Waals surface area contributed by atoms with Gasteiger partial charge in [-0.15, -0.1) is 0 Å². The lowest BCUT2D eigenvalue weighted by Crippen LogP contribution is -2.10. The molecule has 0 amide bonds. The van der Waals surface area contributed by atoms with Gasteiger partial charge in [-0.25, -0.2) is 4.79 Å². The molecule has 0 spiro atoms. The topological polar surface area (TPSA) is 54.0 Å². The van der Waals surface area contributed by atoms with Crippen molar-refractivity contribution < 1.29 is 24.0 Å². The summed E-state index contributed by atoms with van der Waals surface area (Å²) in [4.78, 5) is 21.0. The zero-order valence-electron chi connectivity index (χ0n) is 11.5. The summed E-state index contributed by atoms with van der Waals surface area (Å²) in [5.41, 5.74) is 0.410. The van der Waals surface area contributed by atoms with Gasteiger partial charge in [-0.3, -0.25) is 4.89 Å². The average Bonchev–Trinajstić information content (AvgIpc) is 2.38. The van der Waals surface area contributed by atoms with E-state index in [9.17, 15) is 4.79 Å². The van der Waals surface area contributed by atoms with Crippen molar-refractivity contribution >= 4 is 5.97 Å². The lowest BCUT2D eigenvalue weighted by atomic mass is 10.2. The number of carbonyl (C=O) groups is 1. The van der Waals surface area contributed by atoms with E-state index in [4.69, 9.17) is 14.4 Å². The Bertz CT molecular complexity index is 372. The number of hydrogen-bond acceptors (Lipinski definition) is 5. The molecule has 0 aliphatic carbocycles. The molecule has 0 fully saturated rings. The van der Waals surface area contributed by atoms with E-state index in [0.717, 1.165) is 0 Å². The Balaban J connectivity index is 2.36. The van der Waals surface area contributed by atoms with Gasteiger partial charge in [-0.2, -0.15) is 4.89 Å². The van der Waals surface area contributed by atoms with Gasteiger partial charge < -0.3 is 9.47 Å². The number of ether oxygens (including phenoxy) is 2. The van der Waals surface area contributed by atoms with Gasteiger partial charge in [0, 0.05) is 6.61 Å². The van der Waals surface area contributed by atoms with Crippen molar-refractivity contribution in [2.45, 2.75) is 26.9 Å². The molecule has 0 unspecified atom stereocenters. The number of rotatable bonds is 8. The number of carbonyl (C=O) groups excluding carboxylic acids is 1. The molecule has 5 nitrogen and oxygen atoms in total. The van der Waals surface area contributed by atoms with E-state index in [-0.39, 0.29) is 12.7 Å². The molecular formula is C14H20O5. The molecular weight excluding hydrogens is 248 g/mol. The third-order valence-corrected chi connectivity index (χ3v) is 2.11. The Kier molecular flexibility index (Phi) is 6.92. The quantitative estimate of drug-likeness (QED) is 0.412. The summed E-state index contributed by atoms with van der Waals surface area (Å²) in [5.74, 6) is 0.177. The summed E-state index contributed by atoms with van der Waals surface area (Å²) < 4.78 is 10.5. The van der Waals surface area contributed by atoms with Crippen molar-refractivity contribution in [1.82, 2.24) is 0 Å². The van der Waals surface area contributed by atoms with Gasteiger partial charge in [-0.05, 0) is 45.0 Å². The van der Waals surface area contributed by atoms with Gasteiger partial charge in [0.1, 0.15) is 12.4 Å². The van der Waals surface area contributed by atoms with E-state index >= 15 is 0 Å². The Morgan fingerprint density at radius 3 is 2.42 bits per heavy atom. The molecule has 0 bridgehead atoms. The van der Waals surface area contributed by atoms with Crippen LogP contribution in [0.15, 0.2) is 24.3 Å². The van der Waals surface area contributed by atoms with Crippen LogP contribution in [0.4, 0.5) is 0 Å². The third-order valence-electron chi connectivity index (χ3n) is 2.11. The highest BCUT2D eigenvalue weighted by molar-refractivity contribution is 5.89. The lowest BCUT2D eigenvalue weighted by molar-refractivity contribution is -0.247. The van der Waals surface area contributed by atoms with E-state index in [1.807, 2.05) is 20.8 Å². The van der Waals surface area contributed by atoms with Crippen molar-refractivity contribution in [3.05, 3.63) is 29.8 Å². The van der Waals surface area contributed by atoms with Crippen LogP contribution in [0.25, 0.3) is 0 Å². The highest BCUT2D eigenvalue weighted by atomic mass is 17.2. The molecule has 1 rings (SSSR count). The van der Waals surface area contributed by atoms with Gasteiger partial charge in [0.25, 0.3) is 0 Å². The second kappa shape index (κ2) is 8.50. The van der Waals surface area contributed by atoms with Crippen LogP contribution in [0.1, 0.15) is 31.1 Å². The molecule has 0 atom stereocenters. The summed E-state index contributed by atoms with van der Waals surface area (Å²) >= 11 is 0. The molecule has 0 saturated carbocycles. The van der Waals surface area contributed by atoms with E-state index in [1.165, 1.54) is 0 Å².